The van der Waals surface area contributed by atoms with Crippen LogP contribution in [0.5, 0.6) is 0 Å². The molecule has 0 saturated heterocycles. The zero-order valence-electron chi connectivity index (χ0n) is 9.07. The number of aromatic nitrogens is 2. The molecule has 0 aliphatic rings. The molecule has 0 atom stereocenters. The lowest BCUT2D eigenvalue weighted by Gasteiger charge is -2.03. The lowest BCUT2D eigenvalue weighted by Crippen LogP contribution is -2.00. The molecule has 0 saturated carbocycles. The van der Waals surface area contributed by atoms with E-state index < -0.39 is 0 Å². The van der Waals surface area contributed by atoms with E-state index in [1.54, 1.807) is 11.8 Å². The van der Waals surface area contributed by atoms with Gasteiger partial charge in [0.25, 0.3) is 0 Å². The largest absolute Gasteiger partial charge is 0.331 e. The van der Waals surface area contributed by atoms with Crippen molar-refractivity contribution in [1.29, 1.82) is 0 Å². The molecule has 1 N–H and O–H groups in total. The van der Waals surface area contributed by atoms with Gasteiger partial charge in [-0.2, -0.15) is 0 Å². The van der Waals surface area contributed by atoms with Crippen LogP contribution in [0.2, 0.25) is 0 Å². The molecular formula is C12H11BrN2S2. The van der Waals surface area contributed by atoms with Crippen LogP contribution in [-0.2, 0) is 6.54 Å². The molecule has 0 radical (unpaired) electrons. The first-order valence-corrected chi connectivity index (χ1v) is 7.47. The number of halogens is 1. The number of hydrogen-bond acceptors (Lipinski definition) is 2. The van der Waals surface area contributed by atoms with Gasteiger partial charge >= 0.3 is 0 Å². The van der Waals surface area contributed by atoms with Crippen molar-refractivity contribution in [2.75, 3.05) is 11.5 Å². The Morgan fingerprint density at radius 3 is 3.12 bits per heavy atom. The number of hydrogen-bond donors (Lipinski definition) is 1. The number of imidazole rings is 1. The number of terminal acetylenes is 1. The average Bonchev–Trinajstić information content (AvgIpc) is 2.61. The second-order valence-corrected chi connectivity index (χ2v) is 5.91. The van der Waals surface area contributed by atoms with Crippen molar-refractivity contribution in [2.45, 2.75) is 6.54 Å². The third kappa shape index (κ3) is 2.95. The number of rotatable bonds is 4. The molecule has 0 aliphatic carbocycles. The molecular weight excluding hydrogens is 316 g/mol. The highest BCUT2D eigenvalue weighted by molar-refractivity contribution is 9.10. The van der Waals surface area contributed by atoms with E-state index >= 15 is 0 Å². The summed E-state index contributed by atoms with van der Waals surface area (Å²) in [7, 11) is 0. The SMILES string of the molecule is C#CCSCCn1c(=S)[nH]c2ccc(Br)cc21. The Labute approximate surface area is 118 Å². The molecule has 0 fully saturated rings. The number of benzene rings is 1. The van der Waals surface area contributed by atoms with E-state index in [0.29, 0.717) is 0 Å². The van der Waals surface area contributed by atoms with Crippen molar-refractivity contribution in [3.63, 3.8) is 0 Å². The number of aromatic amines is 1. The molecule has 17 heavy (non-hydrogen) atoms. The van der Waals surface area contributed by atoms with Crippen molar-refractivity contribution in [2.24, 2.45) is 0 Å². The van der Waals surface area contributed by atoms with Gasteiger partial charge in [0.15, 0.2) is 4.77 Å². The van der Waals surface area contributed by atoms with Crippen LogP contribution in [0.3, 0.4) is 0 Å². The topological polar surface area (TPSA) is 20.7 Å². The first-order chi connectivity index (χ1) is 8.22. The van der Waals surface area contributed by atoms with Crippen molar-refractivity contribution in [1.82, 2.24) is 9.55 Å². The van der Waals surface area contributed by atoms with Crippen LogP contribution < -0.4 is 0 Å². The van der Waals surface area contributed by atoms with Crippen molar-refractivity contribution >= 4 is 50.9 Å². The first-order valence-electron chi connectivity index (χ1n) is 5.11. The summed E-state index contributed by atoms with van der Waals surface area (Å²) in [5.74, 6) is 4.34. The van der Waals surface area contributed by atoms with Gasteiger partial charge in [-0.05, 0) is 30.4 Å². The van der Waals surface area contributed by atoms with Crippen LogP contribution >= 0.6 is 39.9 Å². The van der Waals surface area contributed by atoms with Crippen molar-refractivity contribution < 1.29 is 0 Å². The minimum absolute atomic E-state index is 0.749. The van der Waals surface area contributed by atoms with Crippen LogP contribution in [0.4, 0.5) is 0 Å². The monoisotopic (exact) mass is 326 g/mol. The minimum atomic E-state index is 0.749. The Bertz CT molecular complexity index is 621. The van der Waals surface area contributed by atoms with Gasteiger partial charge in [0, 0.05) is 16.8 Å². The molecule has 2 rings (SSSR count). The Morgan fingerprint density at radius 2 is 2.35 bits per heavy atom. The van der Waals surface area contributed by atoms with Crippen LogP contribution in [0, 0.1) is 17.1 Å². The normalized spacial score (nSPS) is 10.6. The Hall–Kier alpha value is -0.700. The third-order valence-electron chi connectivity index (χ3n) is 2.38. The summed E-state index contributed by atoms with van der Waals surface area (Å²) in [4.78, 5) is 3.20. The molecule has 5 heteroatoms. The van der Waals surface area contributed by atoms with E-state index in [2.05, 4.69) is 37.5 Å². The smallest absolute Gasteiger partial charge is 0.178 e. The van der Waals surface area contributed by atoms with E-state index in [1.807, 2.05) is 12.1 Å². The molecule has 1 heterocycles. The molecule has 0 bridgehead atoms. The average molecular weight is 327 g/mol. The third-order valence-corrected chi connectivity index (χ3v) is 4.04. The number of nitrogens with one attached hydrogen (secondary N) is 1. The fourth-order valence-electron chi connectivity index (χ4n) is 1.63. The summed E-state index contributed by atoms with van der Waals surface area (Å²) in [5.41, 5.74) is 2.20. The number of nitrogens with zero attached hydrogens (tertiary/aromatic N) is 1. The van der Waals surface area contributed by atoms with E-state index in [1.165, 1.54) is 0 Å². The molecule has 0 aliphatic heterocycles. The molecule has 2 aromatic rings. The highest BCUT2D eigenvalue weighted by Crippen LogP contribution is 2.20. The van der Waals surface area contributed by atoms with Gasteiger partial charge in [-0.1, -0.05) is 21.9 Å². The zero-order chi connectivity index (χ0) is 12.3. The molecule has 2 nitrogen and oxygen atoms in total. The van der Waals surface area contributed by atoms with Gasteiger partial charge in [0.05, 0.1) is 16.8 Å². The van der Waals surface area contributed by atoms with E-state index in [0.717, 1.165) is 38.3 Å². The van der Waals surface area contributed by atoms with Gasteiger partial charge in [0.1, 0.15) is 0 Å². The van der Waals surface area contributed by atoms with Gasteiger partial charge in [-0.3, -0.25) is 0 Å². The predicted octanol–water partition coefficient (Wildman–Crippen LogP) is 3.83. The molecule has 0 spiro atoms. The summed E-state index contributed by atoms with van der Waals surface area (Å²) in [6.07, 6.45) is 5.22. The number of H-pyrrole nitrogens is 1. The highest BCUT2D eigenvalue weighted by Gasteiger charge is 2.04. The predicted molar refractivity (Wildman–Crippen MR) is 81.0 cm³/mol. The molecule has 1 aromatic carbocycles. The van der Waals surface area contributed by atoms with Crippen molar-refractivity contribution in [3.05, 3.63) is 27.4 Å². The van der Waals surface area contributed by atoms with Gasteiger partial charge in [-0.15, -0.1) is 18.2 Å². The quantitative estimate of drug-likeness (QED) is 0.523. The molecule has 1 aromatic heterocycles. The van der Waals surface area contributed by atoms with Crippen LogP contribution in [-0.4, -0.2) is 21.1 Å². The van der Waals surface area contributed by atoms with Crippen LogP contribution in [0.25, 0.3) is 11.0 Å². The fourth-order valence-corrected chi connectivity index (χ4v) is 2.86. The number of thioether (sulfide) groups is 1. The Kier molecular flexibility index (Phi) is 4.32. The van der Waals surface area contributed by atoms with Crippen molar-refractivity contribution in [3.8, 4) is 12.3 Å². The molecule has 0 amide bonds. The summed E-state index contributed by atoms with van der Waals surface area (Å²) < 4.78 is 3.93. The fraction of sp³-hybridized carbons (Fsp3) is 0.250. The standard InChI is InChI=1S/C12H11BrN2S2/c1-2-6-17-7-5-15-11-8-9(13)3-4-10(11)14-12(15)16/h1,3-4,8H,5-7H2,(H,14,16). The maximum atomic E-state index is 5.32. The summed E-state index contributed by atoms with van der Waals surface area (Å²) in [6.45, 7) is 0.877. The summed E-state index contributed by atoms with van der Waals surface area (Å²) >= 11 is 10.5. The first kappa shape index (κ1) is 12.7. The maximum absolute atomic E-state index is 5.32. The van der Waals surface area contributed by atoms with E-state index in [9.17, 15) is 0 Å². The second kappa shape index (κ2) is 5.76. The highest BCUT2D eigenvalue weighted by atomic mass is 79.9. The van der Waals surface area contributed by atoms with Crippen LogP contribution in [0.15, 0.2) is 22.7 Å². The second-order valence-electron chi connectivity index (χ2n) is 3.50. The Balaban J connectivity index is 2.27. The maximum Gasteiger partial charge on any atom is 0.178 e. The number of aryl methyl sites for hydroxylation is 1. The zero-order valence-corrected chi connectivity index (χ0v) is 12.3. The molecule has 0 unspecified atom stereocenters. The molecule has 88 valence electrons. The number of fused-ring (bicyclic) bond motifs is 1. The summed E-state index contributed by atoms with van der Waals surface area (Å²) in [6, 6.07) is 6.11. The van der Waals surface area contributed by atoms with Crippen LogP contribution in [0.1, 0.15) is 0 Å². The van der Waals surface area contributed by atoms with Gasteiger partial charge in [-0.25, -0.2) is 0 Å². The summed E-state index contributed by atoms with van der Waals surface area (Å²) in [5, 5.41) is 0. The van der Waals surface area contributed by atoms with E-state index in [4.69, 9.17) is 18.6 Å². The van der Waals surface area contributed by atoms with Gasteiger partial charge < -0.3 is 9.55 Å². The van der Waals surface area contributed by atoms with Gasteiger partial charge in [0.2, 0.25) is 0 Å². The lowest BCUT2D eigenvalue weighted by atomic mass is 10.3. The Morgan fingerprint density at radius 1 is 1.53 bits per heavy atom. The van der Waals surface area contributed by atoms with E-state index in [-0.39, 0.29) is 0 Å². The minimum Gasteiger partial charge on any atom is -0.331 e. The lowest BCUT2D eigenvalue weighted by molar-refractivity contribution is 0.783.